The van der Waals surface area contributed by atoms with Gasteiger partial charge in [-0.25, -0.2) is 24.2 Å². The second-order valence-corrected chi connectivity index (χ2v) is 13.1. The van der Waals surface area contributed by atoms with Crippen LogP contribution in [0.2, 0.25) is 0 Å². The van der Waals surface area contributed by atoms with E-state index in [1.807, 2.05) is 0 Å². The van der Waals surface area contributed by atoms with Gasteiger partial charge < -0.3 is 15.3 Å². The predicted octanol–water partition coefficient (Wildman–Crippen LogP) is 0.869. The minimum atomic E-state index is -3.23. The van der Waals surface area contributed by atoms with Gasteiger partial charge >= 0.3 is 25.8 Å². The third-order valence-corrected chi connectivity index (χ3v) is 9.66. The third kappa shape index (κ3) is 3.87. The van der Waals surface area contributed by atoms with E-state index >= 15 is 0 Å². The molecule has 0 aliphatic carbocycles. The van der Waals surface area contributed by atoms with E-state index in [1.165, 1.54) is 16.7 Å². The predicted molar refractivity (Wildman–Crippen MR) is 123 cm³/mol. The minimum absolute atomic E-state index is 0.104. The summed E-state index contributed by atoms with van der Waals surface area (Å²) >= 11 is 1.26. The number of rotatable bonds is 6. The molecule has 0 bridgehead atoms. The summed E-state index contributed by atoms with van der Waals surface area (Å²) < 4.78 is -0.772. The highest BCUT2D eigenvalue weighted by atomic mass is 32.2. The molecule has 0 saturated carbocycles. The molecule has 5 N–H and O–H groups in total. The molecule has 14 heteroatoms. The Morgan fingerprint density at radius 2 is 1.76 bits per heavy atom. The number of carboxylic acid groups (broad SMARTS) is 1. The van der Waals surface area contributed by atoms with E-state index in [0.29, 0.717) is 10.5 Å². The lowest BCUT2D eigenvalue weighted by Crippen LogP contribution is -2.71. The minimum Gasteiger partial charge on any atom is -0.480 e. The van der Waals surface area contributed by atoms with Gasteiger partial charge in [-0.05, 0) is 26.3 Å². The number of imide groups is 1. The average Bonchev–Trinajstić information content (AvgIpc) is 3.03. The summed E-state index contributed by atoms with van der Waals surface area (Å²) in [6, 6.07) is 2.74. The number of β-lactam (4-membered cyclic amide) rings is 1. The summed E-state index contributed by atoms with van der Waals surface area (Å²) in [4.78, 5) is 75.9. The van der Waals surface area contributed by atoms with Gasteiger partial charge in [-0.1, -0.05) is 30.3 Å². The van der Waals surface area contributed by atoms with Crippen LogP contribution in [0.1, 0.15) is 32.4 Å². The van der Waals surface area contributed by atoms with Gasteiger partial charge in [0.25, 0.3) is 0 Å². The number of hydrogen-bond acceptors (Lipinski definition) is 7. The Morgan fingerprint density at radius 1 is 1.18 bits per heavy atom. The van der Waals surface area contributed by atoms with Crippen LogP contribution in [-0.2, 0) is 14.4 Å². The SMILES string of the molecule is CC[P+]1(O)NC(=O)N(C(C(=O)N[C@@H]2C(=O)N3[C@@H]2SC(C)(C)[C@@H]3C(=O)O)c2ccccc2)C(=O)N1. The van der Waals surface area contributed by atoms with E-state index in [0.717, 1.165) is 0 Å². The van der Waals surface area contributed by atoms with Gasteiger partial charge in [-0.3, -0.25) is 9.59 Å². The summed E-state index contributed by atoms with van der Waals surface area (Å²) in [7, 11) is -3.23. The molecular formula is C20H25N5O7PS+. The van der Waals surface area contributed by atoms with Crippen molar-refractivity contribution in [1.29, 1.82) is 0 Å². The molecule has 3 aliphatic rings. The van der Waals surface area contributed by atoms with Crippen molar-refractivity contribution in [3.8, 4) is 0 Å². The van der Waals surface area contributed by atoms with Crippen LogP contribution >= 0.6 is 19.6 Å². The Balaban J connectivity index is 1.60. The average molecular weight is 510 g/mol. The Kier molecular flexibility index (Phi) is 5.99. The second-order valence-electron chi connectivity index (χ2n) is 8.69. The van der Waals surface area contributed by atoms with Crippen molar-refractivity contribution in [1.82, 2.24) is 25.3 Å². The first-order valence-electron chi connectivity index (χ1n) is 10.5. The van der Waals surface area contributed by atoms with Crippen molar-refractivity contribution in [2.24, 2.45) is 0 Å². The largest absolute Gasteiger partial charge is 0.480 e. The van der Waals surface area contributed by atoms with Gasteiger partial charge in [-0.2, -0.15) is 10.2 Å². The summed E-state index contributed by atoms with van der Waals surface area (Å²) in [5.41, 5.74) is 0.317. The highest BCUT2D eigenvalue weighted by molar-refractivity contribution is 8.01. The molecule has 1 aromatic carbocycles. The number of carboxylic acids is 1. The van der Waals surface area contributed by atoms with Crippen LogP contribution in [0.3, 0.4) is 0 Å². The van der Waals surface area contributed by atoms with Gasteiger partial charge in [0.05, 0.1) is 0 Å². The lowest BCUT2D eigenvalue weighted by molar-refractivity contribution is -0.161. The van der Waals surface area contributed by atoms with E-state index in [9.17, 15) is 34.0 Å². The first kappa shape index (κ1) is 24.2. The van der Waals surface area contributed by atoms with Gasteiger partial charge in [-0.15, -0.1) is 11.8 Å². The first-order valence-corrected chi connectivity index (χ1v) is 13.3. The Bertz CT molecular complexity index is 1050. The van der Waals surface area contributed by atoms with Crippen molar-refractivity contribution >= 4 is 49.4 Å². The number of thioether (sulfide) groups is 1. The maximum absolute atomic E-state index is 13.4. The van der Waals surface area contributed by atoms with E-state index < -0.39 is 65.9 Å². The van der Waals surface area contributed by atoms with Crippen molar-refractivity contribution in [3.05, 3.63) is 35.9 Å². The van der Waals surface area contributed by atoms with Crippen LogP contribution in [0.15, 0.2) is 30.3 Å². The second kappa shape index (κ2) is 8.40. The number of carbonyl (C=O) groups excluding carboxylic acids is 4. The van der Waals surface area contributed by atoms with Crippen LogP contribution in [0.5, 0.6) is 0 Å². The smallest absolute Gasteiger partial charge is 0.362 e. The number of benzene rings is 1. The number of aliphatic carboxylic acids is 1. The maximum Gasteiger partial charge on any atom is 0.362 e. The molecule has 4 rings (SSSR count). The number of fused-ring (bicyclic) bond motifs is 1. The fraction of sp³-hybridized carbons (Fsp3) is 0.450. The van der Waals surface area contributed by atoms with Crippen molar-refractivity contribution in [3.63, 3.8) is 0 Å². The van der Waals surface area contributed by atoms with E-state index in [2.05, 4.69) is 15.5 Å². The number of nitrogens with zero attached hydrogens (tertiary/aromatic N) is 2. The molecule has 4 atom stereocenters. The number of amides is 6. The molecule has 0 radical (unpaired) electrons. The molecule has 3 saturated heterocycles. The molecule has 182 valence electrons. The maximum atomic E-state index is 13.4. The van der Waals surface area contributed by atoms with Gasteiger partial charge in [0.2, 0.25) is 11.8 Å². The number of nitrogens with one attached hydrogen (secondary N) is 3. The summed E-state index contributed by atoms with van der Waals surface area (Å²) in [6.45, 7) is 5.03. The van der Waals surface area contributed by atoms with Crippen molar-refractivity contribution < 1.29 is 34.0 Å². The fourth-order valence-corrected chi connectivity index (χ4v) is 7.21. The first-order chi connectivity index (χ1) is 15.9. The molecule has 0 spiro atoms. The quantitative estimate of drug-likeness (QED) is 0.277. The number of hydrogen-bond donors (Lipinski definition) is 5. The molecule has 12 nitrogen and oxygen atoms in total. The van der Waals surface area contributed by atoms with Crippen LogP contribution in [0.4, 0.5) is 9.59 Å². The number of carbonyl (C=O) groups is 5. The summed E-state index contributed by atoms with van der Waals surface area (Å²) in [5, 5.41) is 16.4. The molecule has 3 aliphatic heterocycles. The Hall–Kier alpha value is -2.89. The third-order valence-electron chi connectivity index (χ3n) is 6.05. The van der Waals surface area contributed by atoms with E-state index in [1.54, 1.807) is 51.1 Å². The lowest BCUT2D eigenvalue weighted by atomic mass is 9.95. The van der Waals surface area contributed by atoms with E-state index in [4.69, 9.17) is 0 Å². The monoisotopic (exact) mass is 510 g/mol. The lowest BCUT2D eigenvalue weighted by Gasteiger charge is -2.44. The van der Waals surface area contributed by atoms with E-state index in [-0.39, 0.29) is 6.16 Å². The van der Waals surface area contributed by atoms with Crippen LogP contribution in [0, 0.1) is 0 Å². The Morgan fingerprint density at radius 3 is 2.29 bits per heavy atom. The van der Waals surface area contributed by atoms with Gasteiger partial charge in [0.15, 0.2) is 0 Å². The molecule has 3 fully saturated rings. The van der Waals surface area contributed by atoms with Crippen LogP contribution < -0.4 is 15.5 Å². The normalized spacial score (nSPS) is 27.8. The molecule has 34 heavy (non-hydrogen) atoms. The standard InChI is InChI=1S/C20H24N5O7PS/c1-4-33(32)22-18(30)24(19(31)23-33)12(10-8-6-5-7-9-10)14(26)21-11-15(27)25-13(17(28)29)20(2,3)34-16(11)25/h5-9,11-13,16,32H,4H2,1-3H3,(H3-,21,22,23,26,28,29,30,31)/p+1/t11-,12?,13+,16-/m1/s1. The topological polar surface area (TPSA) is 168 Å². The summed E-state index contributed by atoms with van der Waals surface area (Å²) in [6.07, 6.45) is 0.104. The number of urea groups is 2. The zero-order valence-electron chi connectivity index (χ0n) is 18.6. The molecule has 1 aromatic rings. The zero-order valence-corrected chi connectivity index (χ0v) is 20.3. The summed E-state index contributed by atoms with van der Waals surface area (Å²) in [5.74, 6) is -2.46. The highest BCUT2D eigenvalue weighted by Crippen LogP contribution is 2.51. The van der Waals surface area contributed by atoms with Crippen LogP contribution in [0.25, 0.3) is 0 Å². The zero-order chi connectivity index (χ0) is 25.0. The highest BCUT2D eigenvalue weighted by Gasteiger charge is 2.64. The molecule has 3 heterocycles. The molecule has 1 unspecified atom stereocenters. The Labute approximate surface area is 199 Å². The molecule has 6 amide bonds. The van der Waals surface area contributed by atoms with Crippen molar-refractivity contribution in [2.75, 3.05) is 6.16 Å². The van der Waals surface area contributed by atoms with Crippen LogP contribution in [-0.4, -0.2) is 78.0 Å². The molecular weight excluding hydrogens is 485 g/mol. The van der Waals surface area contributed by atoms with Gasteiger partial charge in [0.1, 0.15) is 29.7 Å². The fourth-order valence-electron chi connectivity index (χ4n) is 4.37. The van der Waals surface area contributed by atoms with Gasteiger partial charge in [0, 0.05) is 4.75 Å². The van der Waals surface area contributed by atoms with Crippen molar-refractivity contribution in [2.45, 2.75) is 49.0 Å². The molecule has 0 aromatic heterocycles.